The van der Waals surface area contributed by atoms with Gasteiger partial charge in [0, 0.05) is 12.4 Å². The molecule has 76 valence electrons. The second-order valence-corrected chi connectivity index (χ2v) is 3.24. The van der Waals surface area contributed by atoms with Crippen LogP contribution in [-0.2, 0) is 6.54 Å². The van der Waals surface area contributed by atoms with Crippen molar-refractivity contribution in [3.05, 3.63) is 35.6 Å². The minimum atomic E-state index is 0.364. The number of nitriles is 1. The molecule has 0 radical (unpaired) electrons. The Morgan fingerprint density at radius 1 is 1.53 bits per heavy atom. The first kappa shape index (κ1) is 9.46. The van der Waals surface area contributed by atoms with Gasteiger partial charge in [0.1, 0.15) is 18.4 Å². The molecule has 5 heteroatoms. The fraction of sp³-hybridized carbons (Fsp3) is 0.300. The monoisotopic (exact) mass is 202 g/mol. The lowest BCUT2D eigenvalue weighted by atomic mass is 10.4. The molecule has 0 saturated heterocycles. The van der Waals surface area contributed by atoms with Crippen molar-refractivity contribution in [2.45, 2.75) is 20.4 Å². The predicted molar refractivity (Wildman–Crippen MR) is 52.0 cm³/mol. The molecule has 2 heterocycles. The summed E-state index contributed by atoms with van der Waals surface area (Å²) in [6.45, 7) is 4.20. The molecule has 0 unspecified atom stereocenters. The van der Waals surface area contributed by atoms with Gasteiger partial charge in [0.2, 0.25) is 11.7 Å². The quantitative estimate of drug-likeness (QED) is 0.738. The average molecular weight is 202 g/mol. The van der Waals surface area contributed by atoms with Crippen molar-refractivity contribution in [3.63, 3.8) is 0 Å². The van der Waals surface area contributed by atoms with Crippen LogP contribution in [0.5, 0.6) is 0 Å². The lowest BCUT2D eigenvalue weighted by Crippen LogP contribution is -2.01. The molecule has 0 aliphatic carbocycles. The van der Waals surface area contributed by atoms with Crippen LogP contribution in [0.15, 0.2) is 16.8 Å². The van der Waals surface area contributed by atoms with Gasteiger partial charge in [-0.15, -0.1) is 0 Å². The third kappa shape index (κ3) is 1.74. The minimum Gasteiger partial charge on any atom is -0.444 e. The molecule has 0 amide bonds. The van der Waals surface area contributed by atoms with E-state index < -0.39 is 0 Å². The first-order chi connectivity index (χ1) is 7.20. The van der Waals surface area contributed by atoms with Crippen LogP contribution in [0.25, 0.3) is 0 Å². The van der Waals surface area contributed by atoms with E-state index >= 15 is 0 Å². The van der Waals surface area contributed by atoms with Gasteiger partial charge < -0.3 is 8.98 Å². The van der Waals surface area contributed by atoms with Crippen molar-refractivity contribution < 1.29 is 4.42 Å². The fourth-order valence-electron chi connectivity index (χ4n) is 1.30. The SMILES string of the molecule is Cc1nc(Cn2ccnc2C#N)oc1C. The van der Waals surface area contributed by atoms with Crippen LogP contribution in [0.1, 0.15) is 23.2 Å². The summed E-state index contributed by atoms with van der Waals surface area (Å²) >= 11 is 0. The zero-order valence-corrected chi connectivity index (χ0v) is 8.56. The summed E-state index contributed by atoms with van der Waals surface area (Å²) in [7, 11) is 0. The van der Waals surface area contributed by atoms with Crippen molar-refractivity contribution in [2.75, 3.05) is 0 Å². The van der Waals surface area contributed by atoms with Gasteiger partial charge in [-0.3, -0.25) is 0 Å². The minimum absolute atomic E-state index is 0.364. The number of hydrogen-bond donors (Lipinski definition) is 0. The number of hydrogen-bond acceptors (Lipinski definition) is 4. The van der Waals surface area contributed by atoms with E-state index in [1.165, 1.54) is 0 Å². The normalized spacial score (nSPS) is 10.2. The molecule has 0 atom stereocenters. The first-order valence-electron chi connectivity index (χ1n) is 4.55. The summed E-state index contributed by atoms with van der Waals surface area (Å²) in [4.78, 5) is 8.13. The molecule has 15 heavy (non-hydrogen) atoms. The molecule has 2 rings (SSSR count). The number of rotatable bonds is 2. The Morgan fingerprint density at radius 2 is 2.33 bits per heavy atom. The van der Waals surface area contributed by atoms with Crippen molar-refractivity contribution in [1.82, 2.24) is 14.5 Å². The second-order valence-electron chi connectivity index (χ2n) is 3.24. The Hall–Kier alpha value is -2.09. The summed E-state index contributed by atoms with van der Waals surface area (Å²) in [6.07, 6.45) is 3.31. The van der Waals surface area contributed by atoms with Crippen molar-refractivity contribution in [3.8, 4) is 6.07 Å². The highest BCUT2D eigenvalue weighted by atomic mass is 16.4. The van der Waals surface area contributed by atoms with Gasteiger partial charge >= 0.3 is 0 Å². The third-order valence-corrected chi connectivity index (χ3v) is 2.19. The molecule has 0 aliphatic rings. The van der Waals surface area contributed by atoms with Crippen LogP contribution in [0.3, 0.4) is 0 Å². The maximum atomic E-state index is 8.76. The maximum absolute atomic E-state index is 8.76. The highest BCUT2D eigenvalue weighted by Crippen LogP contribution is 2.10. The lowest BCUT2D eigenvalue weighted by molar-refractivity contribution is 0.456. The van der Waals surface area contributed by atoms with E-state index in [-0.39, 0.29) is 0 Å². The summed E-state index contributed by atoms with van der Waals surface area (Å²) in [5, 5.41) is 8.76. The van der Waals surface area contributed by atoms with E-state index in [9.17, 15) is 0 Å². The molecule has 0 spiro atoms. The lowest BCUT2D eigenvalue weighted by Gasteiger charge is -1.97. The number of imidazole rings is 1. The summed E-state index contributed by atoms with van der Waals surface area (Å²) in [5.74, 6) is 1.77. The molecular formula is C10H10N4O. The topological polar surface area (TPSA) is 67.6 Å². The van der Waals surface area contributed by atoms with E-state index in [0.29, 0.717) is 18.3 Å². The largest absolute Gasteiger partial charge is 0.444 e. The van der Waals surface area contributed by atoms with Crippen LogP contribution in [0, 0.1) is 25.2 Å². The molecule has 0 fully saturated rings. The van der Waals surface area contributed by atoms with Gasteiger partial charge in [-0.05, 0) is 13.8 Å². The predicted octanol–water partition coefficient (Wildman–Crippen LogP) is 1.41. The van der Waals surface area contributed by atoms with Crippen LogP contribution in [-0.4, -0.2) is 14.5 Å². The van der Waals surface area contributed by atoms with Gasteiger partial charge in [0.05, 0.1) is 5.69 Å². The van der Waals surface area contributed by atoms with Crippen LogP contribution < -0.4 is 0 Å². The third-order valence-electron chi connectivity index (χ3n) is 2.19. The Morgan fingerprint density at radius 3 is 2.93 bits per heavy atom. The smallest absolute Gasteiger partial charge is 0.214 e. The highest BCUT2D eigenvalue weighted by molar-refractivity contribution is 5.13. The van der Waals surface area contributed by atoms with E-state index in [1.807, 2.05) is 19.9 Å². The van der Waals surface area contributed by atoms with E-state index in [4.69, 9.17) is 9.68 Å². The zero-order valence-electron chi connectivity index (χ0n) is 8.56. The zero-order chi connectivity index (χ0) is 10.8. The molecule has 0 N–H and O–H groups in total. The Labute approximate surface area is 87.0 Å². The summed E-state index contributed by atoms with van der Waals surface area (Å²) in [5.41, 5.74) is 0.878. The molecule has 2 aromatic heterocycles. The van der Waals surface area contributed by atoms with Gasteiger partial charge in [-0.2, -0.15) is 5.26 Å². The van der Waals surface area contributed by atoms with Crippen LogP contribution in [0.4, 0.5) is 0 Å². The van der Waals surface area contributed by atoms with E-state index in [0.717, 1.165) is 11.5 Å². The maximum Gasteiger partial charge on any atom is 0.214 e. The Balaban J connectivity index is 2.26. The van der Waals surface area contributed by atoms with Gasteiger partial charge in [-0.25, -0.2) is 9.97 Å². The molecule has 2 aromatic rings. The molecule has 0 saturated carbocycles. The Bertz CT molecular complexity index is 498. The standard InChI is InChI=1S/C10H10N4O/c1-7-8(2)15-10(13-7)6-14-4-3-12-9(14)5-11/h3-4H,6H2,1-2H3. The van der Waals surface area contributed by atoms with E-state index in [2.05, 4.69) is 9.97 Å². The Kier molecular flexibility index (Phi) is 2.26. The fourth-order valence-corrected chi connectivity index (χ4v) is 1.30. The number of aromatic nitrogens is 3. The molecular weight excluding hydrogens is 192 g/mol. The average Bonchev–Trinajstić information content (AvgIpc) is 2.75. The number of nitrogens with zero attached hydrogens (tertiary/aromatic N) is 4. The molecule has 5 nitrogen and oxygen atoms in total. The van der Waals surface area contributed by atoms with Crippen molar-refractivity contribution >= 4 is 0 Å². The van der Waals surface area contributed by atoms with Crippen LogP contribution >= 0.6 is 0 Å². The van der Waals surface area contributed by atoms with Crippen molar-refractivity contribution in [1.29, 1.82) is 5.26 Å². The summed E-state index contributed by atoms with van der Waals surface area (Å²) in [6, 6.07) is 2.00. The highest BCUT2D eigenvalue weighted by Gasteiger charge is 2.08. The molecule has 0 aliphatic heterocycles. The second kappa shape index (κ2) is 3.58. The summed E-state index contributed by atoms with van der Waals surface area (Å²) < 4.78 is 7.12. The van der Waals surface area contributed by atoms with Gasteiger partial charge in [0.25, 0.3) is 0 Å². The van der Waals surface area contributed by atoms with E-state index in [1.54, 1.807) is 17.0 Å². The van der Waals surface area contributed by atoms with Gasteiger partial charge in [0.15, 0.2) is 0 Å². The first-order valence-corrected chi connectivity index (χ1v) is 4.55. The molecule has 0 aromatic carbocycles. The molecule has 0 bridgehead atoms. The number of aryl methyl sites for hydroxylation is 2. The number of oxazole rings is 1. The van der Waals surface area contributed by atoms with Crippen LogP contribution in [0.2, 0.25) is 0 Å². The van der Waals surface area contributed by atoms with Gasteiger partial charge in [-0.1, -0.05) is 0 Å². The van der Waals surface area contributed by atoms with Crippen molar-refractivity contribution in [2.24, 2.45) is 0 Å².